The predicted octanol–water partition coefficient (Wildman–Crippen LogP) is 5.10. The average Bonchev–Trinajstić information content (AvgIpc) is 3.02. The summed E-state index contributed by atoms with van der Waals surface area (Å²) in [5.41, 5.74) is 1.41. The molecule has 118 valence electrons. The number of nitrogens with one attached hydrogen (secondary N) is 1. The first-order valence-electron chi connectivity index (χ1n) is 8.79. The molecule has 0 aromatic heterocycles. The Morgan fingerprint density at radius 1 is 1.14 bits per heavy atom. The highest BCUT2D eigenvalue weighted by Crippen LogP contribution is 2.31. The van der Waals surface area contributed by atoms with Gasteiger partial charge in [-0.3, -0.25) is 0 Å². The lowest BCUT2D eigenvalue weighted by Gasteiger charge is -2.21. The van der Waals surface area contributed by atoms with E-state index in [0.29, 0.717) is 6.04 Å². The normalized spacial score (nSPS) is 17.0. The molecule has 0 radical (unpaired) electrons. The topological polar surface area (TPSA) is 21.3 Å². The monoisotopic (exact) mass is 289 g/mol. The second kappa shape index (κ2) is 9.09. The molecule has 1 aromatic carbocycles. The molecule has 0 spiro atoms. The van der Waals surface area contributed by atoms with Gasteiger partial charge >= 0.3 is 0 Å². The van der Waals surface area contributed by atoms with E-state index < -0.39 is 0 Å². The smallest absolute Gasteiger partial charge is 0.119 e. The predicted molar refractivity (Wildman–Crippen MR) is 89.8 cm³/mol. The van der Waals surface area contributed by atoms with E-state index in [-0.39, 0.29) is 0 Å². The molecule has 1 aliphatic rings. The summed E-state index contributed by atoms with van der Waals surface area (Å²) < 4.78 is 5.54. The van der Waals surface area contributed by atoms with Gasteiger partial charge in [0.05, 0.1) is 6.61 Å². The van der Waals surface area contributed by atoms with Gasteiger partial charge in [-0.05, 0) is 56.3 Å². The lowest BCUT2D eigenvalue weighted by molar-refractivity contribution is 0.340. The number of hydrogen-bond acceptors (Lipinski definition) is 2. The summed E-state index contributed by atoms with van der Waals surface area (Å²) in [7, 11) is 0. The zero-order valence-electron chi connectivity index (χ0n) is 13.7. The minimum absolute atomic E-state index is 0.501. The van der Waals surface area contributed by atoms with Gasteiger partial charge in [0, 0.05) is 6.04 Å². The molecule has 0 bridgehead atoms. The van der Waals surface area contributed by atoms with Crippen LogP contribution in [0.2, 0.25) is 0 Å². The van der Waals surface area contributed by atoms with E-state index in [2.05, 4.69) is 36.5 Å². The van der Waals surface area contributed by atoms with Crippen molar-refractivity contribution in [2.24, 2.45) is 5.92 Å². The number of ether oxygens (including phenoxy) is 1. The Morgan fingerprint density at radius 3 is 2.48 bits per heavy atom. The Morgan fingerprint density at radius 2 is 1.86 bits per heavy atom. The molecule has 2 rings (SSSR count). The maximum atomic E-state index is 5.54. The van der Waals surface area contributed by atoms with Crippen LogP contribution in [0.15, 0.2) is 24.3 Å². The minimum atomic E-state index is 0.501. The quantitative estimate of drug-likeness (QED) is 0.683. The third kappa shape index (κ3) is 5.35. The molecule has 1 N–H and O–H groups in total. The lowest BCUT2D eigenvalue weighted by Crippen LogP contribution is -2.22. The van der Waals surface area contributed by atoms with E-state index in [1.54, 1.807) is 0 Å². The maximum absolute atomic E-state index is 5.54. The van der Waals surface area contributed by atoms with Gasteiger partial charge in [0.25, 0.3) is 0 Å². The van der Waals surface area contributed by atoms with Gasteiger partial charge in [-0.1, -0.05) is 44.7 Å². The summed E-state index contributed by atoms with van der Waals surface area (Å²) in [5, 5.41) is 3.72. The van der Waals surface area contributed by atoms with Crippen molar-refractivity contribution in [3.8, 4) is 5.75 Å². The van der Waals surface area contributed by atoms with E-state index in [9.17, 15) is 0 Å². The van der Waals surface area contributed by atoms with E-state index in [0.717, 1.165) is 24.8 Å². The Balaban J connectivity index is 1.92. The molecule has 0 heterocycles. The van der Waals surface area contributed by atoms with Gasteiger partial charge in [-0.2, -0.15) is 0 Å². The van der Waals surface area contributed by atoms with Crippen molar-refractivity contribution in [3.63, 3.8) is 0 Å². The molecule has 0 aliphatic heterocycles. The minimum Gasteiger partial charge on any atom is -0.494 e. The highest BCUT2D eigenvalue weighted by molar-refractivity contribution is 5.29. The number of hydrogen-bond donors (Lipinski definition) is 1. The van der Waals surface area contributed by atoms with Crippen molar-refractivity contribution in [2.45, 2.75) is 64.8 Å². The SMILES string of the molecule is CCCNC(CCC1CCCC1)c1ccc(OCC)cc1. The largest absolute Gasteiger partial charge is 0.494 e. The Hall–Kier alpha value is -1.02. The van der Waals surface area contributed by atoms with Crippen molar-refractivity contribution in [3.05, 3.63) is 29.8 Å². The van der Waals surface area contributed by atoms with Gasteiger partial charge < -0.3 is 10.1 Å². The molecule has 1 atom stereocenters. The highest BCUT2D eigenvalue weighted by Gasteiger charge is 2.18. The first-order valence-corrected chi connectivity index (χ1v) is 8.79. The van der Waals surface area contributed by atoms with Crippen LogP contribution in [0.4, 0.5) is 0 Å². The van der Waals surface area contributed by atoms with Crippen molar-refractivity contribution < 1.29 is 4.74 Å². The molecule has 2 nitrogen and oxygen atoms in total. The van der Waals surface area contributed by atoms with Gasteiger partial charge in [-0.25, -0.2) is 0 Å². The fourth-order valence-corrected chi connectivity index (χ4v) is 3.37. The molecule has 1 aromatic rings. The van der Waals surface area contributed by atoms with Gasteiger partial charge in [-0.15, -0.1) is 0 Å². The summed E-state index contributed by atoms with van der Waals surface area (Å²) >= 11 is 0. The first-order chi connectivity index (χ1) is 10.3. The zero-order chi connectivity index (χ0) is 14.9. The van der Waals surface area contributed by atoms with Crippen LogP contribution >= 0.6 is 0 Å². The maximum Gasteiger partial charge on any atom is 0.119 e. The Bertz CT molecular complexity index is 381. The second-order valence-electron chi connectivity index (χ2n) is 6.24. The molecule has 2 heteroatoms. The van der Waals surface area contributed by atoms with Crippen LogP contribution in [-0.4, -0.2) is 13.2 Å². The molecule has 1 aliphatic carbocycles. The summed E-state index contributed by atoms with van der Waals surface area (Å²) in [5.74, 6) is 1.95. The van der Waals surface area contributed by atoms with Crippen LogP contribution in [0.3, 0.4) is 0 Å². The molecular formula is C19H31NO. The second-order valence-corrected chi connectivity index (χ2v) is 6.24. The van der Waals surface area contributed by atoms with Crippen LogP contribution in [0.5, 0.6) is 5.75 Å². The van der Waals surface area contributed by atoms with Gasteiger partial charge in [0.2, 0.25) is 0 Å². The van der Waals surface area contributed by atoms with Crippen molar-refractivity contribution in [1.82, 2.24) is 5.32 Å². The number of rotatable bonds is 9. The van der Waals surface area contributed by atoms with Crippen molar-refractivity contribution in [2.75, 3.05) is 13.2 Å². The van der Waals surface area contributed by atoms with E-state index in [1.165, 1.54) is 50.5 Å². The third-order valence-corrected chi connectivity index (χ3v) is 4.57. The molecule has 1 fully saturated rings. The lowest BCUT2D eigenvalue weighted by atomic mass is 9.94. The van der Waals surface area contributed by atoms with Crippen molar-refractivity contribution >= 4 is 0 Å². The van der Waals surface area contributed by atoms with Crippen molar-refractivity contribution in [1.29, 1.82) is 0 Å². The van der Waals surface area contributed by atoms with Crippen LogP contribution in [0.25, 0.3) is 0 Å². The molecule has 21 heavy (non-hydrogen) atoms. The van der Waals surface area contributed by atoms with Crippen LogP contribution < -0.4 is 10.1 Å². The van der Waals surface area contributed by atoms with E-state index >= 15 is 0 Å². The van der Waals surface area contributed by atoms with Crippen LogP contribution in [0.1, 0.15) is 70.4 Å². The van der Waals surface area contributed by atoms with Gasteiger partial charge in [0.15, 0.2) is 0 Å². The summed E-state index contributed by atoms with van der Waals surface area (Å²) in [4.78, 5) is 0. The summed E-state index contributed by atoms with van der Waals surface area (Å²) in [6, 6.07) is 9.17. The fraction of sp³-hybridized carbons (Fsp3) is 0.684. The fourth-order valence-electron chi connectivity index (χ4n) is 3.37. The Labute approximate surface area is 130 Å². The van der Waals surface area contributed by atoms with Crippen LogP contribution in [-0.2, 0) is 0 Å². The first kappa shape index (κ1) is 16.4. The van der Waals surface area contributed by atoms with Gasteiger partial charge in [0.1, 0.15) is 5.75 Å². The summed E-state index contributed by atoms with van der Waals surface area (Å²) in [6.07, 6.45) is 9.61. The summed E-state index contributed by atoms with van der Waals surface area (Å²) in [6.45, 7) is 6.10. The average molecular weight is 289 g/mol. The molecule has 0 amide bonds. The van der Waals surface area contributed by atoms with E-state index in [1.807, 2.05) is 6.92 Å². The third-order valence-electron chi connectivity index (χ3n) is 4.57. The zero-order valence-corrected chi connectivity index (χ0v) is 13.7. The molecular weight excluding hydrogens is 258 g/mol. The Kier molecular flexibility index (Phi) is 7.08. The molecule has 1 saturated carbocycles. The van der Waals surface area contributed by atoms with E-state index in [4.69, 9.17) is 4.74 Å². The standard InChI is InChI=1S/C19H31NO/c1-3-15-20-19(14-9-16-7-5-6-8-16)17-10-12-18(13-11-17)21-4-2/h10-13,16,19-20H,3-9,14-15H2,1-2H3. The molecule has 1 unspecified atom stereocenters. The molecule has 0 saturated heterocycles. The highest BCUT2D eigenvalue weighted by atomic mass is 16.5. The van der Waals surface area contributed by atoms with Crippen LogP contribution in [0, 0.1) is 5.92 Å². The number of benzene rings is 1.